The topological polar surface area (TPSA) is 72.9 Å². The number of nitrogen functional groups attached to an aromatic ring is 1. The van der Waals surface area contributed by atoms with E-state index in [0.29, 0.717) is 5.69 Å². The first-order valence-electron chi connectivity index (χ1n) is 7.86. The highest BCUT2D eigenvalue weighted by Gasteiger charge is 2.24. The third-order valence-corrected chi connectivity index (χ3v) is 3.64. The third kappa shape index (κ3) is 3.40. The summed E-state index contributed by atoms with van der Waals surface area (Å²) in [5, 5.41) is 2.96. The number of nitrogens with two attached hydrogens (primary N) is 1. The van der Waals surface area contributed by atoms with Crippen molar-refractivity contribution in [1.29, 1.82) is 0 Å². The number of aromatic nitrogens is 2. The molecule has 0 aliphatic carbocycles. The molecule has 0 bridgehead atoms. The van der Waals surface area contributed by atoms with Crippen LogP contribution in [0.1, 0.15) is 46.4 Å². The fraction of sp³-hybridized carbons (Fsp3) is 0.529. The van der Waals surface area contributed by atoms with Crippen LogP contribution in [0, 0.1) is 0 Å². The normalized spacial score (nSPS) is 11.8. The van der Waals surface area contributed by atoms with Gasteiger partial charge in [0.25, 0.3) is 0 Å². The molecule has 0 aliphatic rings. The van der Waals surface area contributed by atoms with E-state index in [2.05, 4.69) is 33.0 Å². The Bertz CT molecular complexity index is 667. The second-order valence-electron chi connectivity index (χ2n) is 6.69. The fourth-order valence-electron chi connectivity index (χ4n) is 2.51. The van der Waals surface area contributed by atoms with Gasteiger partial charge in [0.05, 0.1) is 11.2 Å². The Kier molecular flexibility index (Phi) is 4.74. The summed E-state index contributed by atoms with van der Waals surface area (Å²) in [5.41, 5.74) is 8.21. The molecule has 0 fully saturated rings. The molecular formula is C17H26N4O. The lowest BCUT2D eigenvalue weighted by atomic mass is 9.95. The standard InChI is InChI=1S/C17H26N4O/c1-5-6-10-19-14(22)11-21-13-9-7-8-12(18)15(13)20-16(21)17(2,3)4/h7-9H,5-6,10-11,18H2,1-4H3,(H,19,22). The molecule has 2 aromatic rings. The van der Waals surface area contributed by atoms with Crippen LogP contribution < -0.4 is 11.1 Å². The molecule has 0 radical (unpaired) electrons. The molecule has 1 aromatic carbocycles. The van der Waals surface area contributed by atoms with Crippen LogP contribution in [0.5, 0.6) is 0 Å². The maximum Gasteiger partial charge on any atom is 0.240 e. The maximum absolute atomic E-state index is 12.2. The molecule has 3 N–H and O–H groups in total. The molecule has 0 spiro atoms. The van der Waals surface area contributed by atoms with Crippen molar-refractivity contribution in [1.82, 2.24) is 14.9 Å². The largest absolute Gasteiger partial charge is 0.397 e. The summed E-state index contributed by atoms with van der Waals surface area (Å²) in [6.07, 6.45) is 2.06. The second kappa shape index (κ2) is 6.38. The summed E-state index contributed by atoms with van der Waals surface area (Å²) in [6.45, 7) is 9.38. The molecular weight excluding hydrogens is 276 g/mol. The zero-order chi connectivity index (χ0) is 16.3. The quantitative estimate of drug-likeness (QED) is 0.659. The number of imidazole rings is 1. The van der Waals surface area contributed by atoms with Crippen molar-refractivity contribution in [2.45, 2.75) is 52.5 Å². The van der Waals surface area contributed by atoms with E-state index in [-0.39, 0.29) is 17.9 Å². The summed E-state index contributed by atoms with van der Waals surface area (Å²) in [6, 6.07) is 5.71. The van der Waals surface area contributed by atoms with Crippen LogP contribution >= 0.6 is 0 Å². The van der Waals surface area contributed by atoms with Gasteiger partial charge in [-0.2, -0.15) is 0 Å². The van der Waals surface area contributed by atoms with Crippen LogP contribution in [-0.4, -0.2) is 22.0 Å². The molecule has 1 amide bonds. The average Bonchev–Trinajstić information content (AvgIpc) is 2.79. The van der Waals surface area contributed by atoms with Crippen molar-refractivity contribution in [3.05, 3.63) is 24.0 Å². The summed E-state index contributed by atoms with van der Waals surface area (Å²) >= 11 is 0. The van der Waals surface area contributed by atoms with Crippen LogP contribution in [0.4, 0.5) is 5.69 Å². The number of rotatable bonds is 5. The molecule has 0 saturated carbocycles. The minimum absolute atomic E-state index is 0.0145. The number of benzene rings is 1. The predicted octanol–water partition coefficient (Wildman–Crippen LogP) is 2.83. The number of nitrogens with one attached hydrogen (secondary N) is 1. The van der Waals surface area contributed by atoms with E-state index >= 15 is 0 Å². The molecule has 0 saturated heterocycles. The van der Waals surface area contributed by atoms with Crippen LogP contribution in [0.2, 0.25) is 0 Å². The van der Waals surface area contributed by atoms with Gasteiger partial charge in [0.1, 0.15) is 17.9 Å². The summed E-state index contributed by atoms with van der Waals surface area (Å²) in [4.78, 5) is 16.9. The molecule has 120 valence electrons. The van der Waals surface area contributed by atoms with Crippen molar-refractivity contribution in [3.8, 4) is 0 Å². The minimum atomic E-state index is -0.158. The third-order valence-electron chi connectivity index (χ3n) is 3.64. The lowest BCUT2D eigenvalue weighted by molar-refractivity contribution is -0.121. The van der Waals surface area contributed by atoms with E-state index in [1.165, 1.54) is 0 Å². The number of fused-ring (bicyclic) bond motifs is 1. The molecule has 5 heteroatoms. The van der Waals surface area contributed by atoms with E-state index in [1.54, 1.807) is 0 Å². The lowest BCUT2D eigenvalue weighted by Gasteiger charge is -2.20. The Morgan fingerprint density at radius 1 is 1.36 bits per heavy atom. The van der Waals surface area contributed by atoms with Gasteiger partial charge in [0, 0.05) is 12.0 Å². The number of carbonyl (C=O) groups is 1. The first-order valence-corrected chi connectivity index (χ1v) is 7.86. The Balaban J connectivity index is 2.38. The van der Waals surface area contributed by atoms with Crippen molar-refractivity contribution in [3.63, 3.8) is 0 Å². The lowest BCUT2D eigenvalue weighted by Crippen LogP contribution is -2.30. The average molecular weight is 302 g/mol. The first-order chi connectivity index (χ1) is 10.3. The van der Waals surface area contributed by atoms with Gasteiger partial charge in [-0.25, -0.2) is 4.98 Å². The van der Waals surface area contributed by atoms with Crippen LogP contribution in [0.15, 0.2) is 18.2 Å². The second-order valence-corrected chi connectivity index (χ2v) is 6.69. The maximum atomic E-state index is 12.2. The molecule has 2 rings (SSSR count). The van der Waals surface area contributed by atoms with Crippen molar-refractivity contribution in [2.75, 3.05) is 12.3 Å². The van der Waals surface area contributed by atoms with Crippen LogP contribution in [0.25, 0.3) is 11.0 Å². The van der Waals surface area contributed by atoms with E-state index < -0.39 is 0 Å². The summed E-state index contributed by atoms with van der Waals surface area (Å²) in [7, 11) is 0. The zero-order valence-electron chi connectivity index (χ0n) is 13.9. The number of anilines is 1. The molecule has 5 nitrogen and oxygen atoms in total. The molecule has 0 atom stereocenters. The van der Waals surface area contributed by atoms with Gasteiger partial charge >= 0.3 is 0 Å². The first kappa shape index (κ1) is 16.3. The molecule has 0 aliphatic heterocycles. The Hall–Kier alpha value is -2.04. The summed E-state index contributed by atoms with van der Waals surface area (Å²) < 4.78 is 1.98. The number of hydrogen-bond acceptors (Lipinski definition) is 3. The number of unbranched alkanes of at least 4 members (excludes halogenated alkanes) is 1. The van der Waals surface area contributed by atoms with E-state index in [1.807, 2.05) is 22.8 Å². The van der Waals surface area contributed by atoms with E-state index in [0.717, 1.165) is 36.2 Å². The zero-order valence-corrected chi connectivity index (χ0v) is 13.9. The van der Waals surface area contributed by atoms with Crippen LogP contribution in [0.3, 0.4) is 0 Å². The van der Waals surface area contributed by atoms with Crippen molar-refractivity contribution < 1.29 is 4.79 Å². The van der Waals surface area contributed by atoms with Crippen molar-refractivity contribution in [2.24, 2.45) is 0 Å². The van der Waals surface area contributed by atoms with Gasteiger partial charge in [-0.15, -0.1) is 0 Å². The number of nitrogens with zero attached hydrogens (tertiary/aromatic N) is 2. The predicted molar refractivity (Wildman–Crippen MR) is 90.8 cm³/mol. The van der Waals surface area contributed by atoms with E-state index in [9.17, 15) is 4.79 Å². The number of para-hydroxylation sites is 1. The Morgan fingerprint density at radius 3 is 2.73 bits per heavy atom. The number of hydrogen-bond donors (Lipinski definition) is 2. The highest BCUT2D eigenvalue weighted by Crippen LogP contribution is 2.28. The molecule has 22 heavy (non-hydrogen) atoms. The minimum Gasteiger partial charge on any atom is -0.397 e. The highest BCUT2D eigenvalue weighted by molar-refractivity contribution is 5.89. The van der Waals surface area contributed by atoms with Gasteiger partial charge in [-0.05, 0) is 18.6 Å². The Morgan fingerprint density at radius 2 is 2.09 bits per heavy atom. The van der Waals surface area contributed by atoms with Gasteiger partial charge < -0.3 is 15.6 Å². The van der Waals surface area contributed by atoms with E-state index in [4.69, 9.17) is 10.7 Å². The van der Waals surface area contributed by atoms with Gasteiger partial charge in [-0.1, -0.05) is 40.2 Å². The number of amides is 1. The van der Waals surface area contributed by atoms with Crippen molar-refractivity contribution >= 4 is 22.6 Å². The smallest absolute Gasteiger partial charge is 0.240 e. The SMILES string of the molecule is CCCCNC(=O)Cn1c(C(C)(C)C)nc2c(N)cccc21. The molecule has 1 aromatic heterocycles. The molecule has 1 heterocycles. The van der Waals surface area contributed by atoms with Gasteiger partial charge in [0.2, 0.25) is 5.91 Å². The van der Waals surface area contributed by atoms with Gasteiger partial charge in [-0.3, -0.25) is 4.79 Å². The Labute approximate surface area is 131 Å². The summed E-state index contributed by atoms with van der Waals surface area (Å²) in [5.74, 6) is 0.895. The molecule has 0 unspecified atom stereocenters. The fourth-order valence-corrected chi connectivity index (χ4v) is 2.51. The van der Waals surface area contributed by atoms with Gasteiger partial charge in [0.15, 0.2) is 0 Å². The monoisotopic (exact) mass is 302 g/mol. The van der Waals surface area contributed by atoms with Crippen LogP contribution in [-0.2, 0) is 16.8 Å². The number of carbonyl (C=O) groups excluding carboxylic acids is 1. The highest BCUT2D eigenvalue weighted by atomic mass is 16.1.